The third kappa shape index (κ3) is 4.74. The van der Waals surface area contributed by atoms with E-state index in [1.54, 1.807) is 0 Å². The number of benzene rings is 1. The molecule has 2 amide bonds. The average molecular weight is 287 g/mol. The van der Waals surface area contributed by atoms with Gasteiger partial charge in [0.1, 0.15) is 0 Å². The first-order valence-corrected chi connectivity index (χ1v) is 8.10. The molecule has 0 radical (unpaired) electrons. The first-order chi connectivity index (χ1) is 10.3. The van der Waals surface area contributed by atoms with Crippen molar-refractivity contribution in [3.8, 4) is 0 Å². The zero-order valence-electron chi connectivity index (χ0n) is 12.6. The Morgan fingerprint density at radius 1 is 1.19 bits per heavy atom. The summed E-state index contributed by atoms with van der Waals surface area (Å²) >= 11 is 0. The van der Waals surface area contributed by atoms with Crippen molar-refractivity contribution < 1.29 is 4.79 Å². The number of hydrogen-bond donors (Lipinski definition) is 2. The van der Waals surface area contributed by atoms with Crippen LogP contribution in [0.5, 0.6) is 0 Å². The molecular weight excluding hydrogens is 262 g/mol. The summed E-state index contributed by atoms with van der Waals surface area (Å²) in [6.07, 6.45) is 4.59. The second kappa shape index (κ2) is 6.94. The molecule has 4 heteroatoms. The van der Waals surface area contributed by atoms with Gasteiger partial charge < -0.3 is 15.5 Å². The van der Waals surface area contributed by atoms with Gasteiger partial charge in [-0.15, -0.1) is 0 Å². The standard InChI is InChI=1S/C17H25N3O/c21-17(19-16-6-7-16)18-12-15-9-11-20(13-15)10-8-14-4-2-1-3-5-14/h1-5,15-16H,6-13H2,(H2,18,19,21)/t15-/m1/s1. The molecule has 4 nitrogen and oxygen atoms in total. The van der Waals surface area contributed by atoms with E-state index in [9.17, 15) is 4.79 Å². The van der Waals surface area contributed by atoms with Gasteiger partial charge in [0.05, 0.1) is 0 Å². The van der Waals surface area contributed by atoms with Crippen molar-refractivity contribution in [3.63, 3.8) is 0 Å². The number of nitrogens with zero attached hydrogens (tertiary/aromatic N) is 1. The Bertz CT molecular complexity index is 458. The molecular formula is C17H25N3O. The van der Waals surface area contributed by atoms with Gasteiger partial charge in [-0.3, -0.25) is 0 Å². The molecule has 1 aromatic carbocycles. The molecule has 1 saturated heterocycles. The van der Waals surface area contributed by atoms with Gasteiger partial charge in [0.25, 0.3) is 0 Å². The number of nitrogens with one attached hydrogen (secondary N) is 2. The minimum absolute atomic E-state index is 0.0141. The summed E-state index contributed by atoms with van der Waals surface area (Å²) in [4.78, 5) is 14.1. The number of hydrogen-bond acceptors (Lipinski definition) is 2. The van der Waals surface area contributed by atoms with Gasteiger partial charge in [-0.25, -0.2) is 4.79 Å². The highest BCUT2D eigenvalue weighted by Crippen LogP contribution is 2.18. The fraction of sp³-hybridized carbons (Fsp3) is 0.588. The lowest BCUT2D eigenvalue weighted by Gasteiger charge is -2.16. The number of urea groups is 1. The molecule has 0 spiro atoms. The molecule has 1 saturated carbocycles. The molecule has 1 aromatic rings. The summed E-state index contributed by atoms with van der Waals surface area (Å²) in [5.41, 5.74) is 1.41. The van der Waals surface area contributed by atoms with Crippen LogP contribution in [-0.4, -0.2) is 43.2 Å². The van der Waals surface area contributed by atoms with Gasteiger partial charge in [0.15, 0.2) is 0 Å². The zero-order chi connectivity index (χ0) is 14.5. The number of carbonyl (C=O) groups is 1. The van der Waals surface area contributed by atoms with Crippen molar-refractivity contribution in [1.29, 1.82) is 0 Å². The second-order valence-electron chi connectivity index (χ2n) is 6.32. The van der Waals surface area contributed by atoms with Crippen molar-refractivity contribution >= 4 is 6.03 Å². The van der Waals surface area contributed by atoms with Crippen LogP contribution in [0.1, 0.15) is 24.8 Å². The van der Waals surface area contributed by atoms with E-state index in [-0.39, 0.29) is 6.03 Å². The van der Waals surface area contributed by atoms with Crippen molar-refractivity contribution in [2.75, 3.05) is 26.2 Å². The van der Waals surface area contributed by atoms with E-state index < -0.39 is 0 Å². The zero-order valence-corrected chi connectivity index (χ0v) is 12.6. The van der Waals surface area contributed by atoms with E-state index in [0.717, 1.165) is 45.4 Å². The summed E-state index contributed by atoms with van der Waals surface area (Å²) in [6, 6.07) is 11.1. The number of amides is 2. The van der Waals surface area contributed by atoms with Crippen LogP contribution < -0.4 is 10.6 Å². The Morgan fingerprint density at radius 3 is 2.76 bits per heavy atom. The van der Waals surface area contributed by atoms with Gasteiger partial charge in [0.2, 0.25) is 0 Å². The van der Waals surface area contributed by atoms with Gasteiger partial charge in [-0.05, 0) is 43.7 Å². The molecule has 1 atom stereocenters. The number of rotatable bonds is 6. The molecule has 0 bridgehead atoms. The highest BCUT2D eigenvalue weighted by Gasteiger charge is 2.25. The van der Waals surface area contributed by atoms with Gasteiger partial charge in [-0.1, -0.05) is 30.3 Å². The maximum atomic E-state index is 11.6. The summed E-state index contributed by atoms with van der Waals surface area (Å²) in [6.45, 7) is 4.19. The maximum absolute atomic E-state index is 11.6. The lowest BCUT2D eigenvalue weighted by atomic mass is 10.1. The van der Waals surface area contributed by atoms with Crippen molar-refractivity contribution in [1.82, 2.24) is 15.5 Å². The fourth-order valence-electron chi connectivity index (χ4n) is 2.92. The van der Waals surface area contributed by atoms with Crippen molar-refractivity contribution in [2.24, 2.45) is 5.92 Å². The first kappa shape index (κ1) is 14.4. The predicted octanol–water partition coefficient (Wildman–Crippen LogP) is 2.01. The minimum atomic E-state index is 0.0141. The Kier molecular flexibility index (Phi) is 4.76. The minimum Gasteiger partial charge on any atom is -0.338 e. The topological polar surface area (TPSA) is 44.4 Å². The Hall–Kier alpha value is -1.55. The Labute approximate surface area is 126 Å². The van der Waals surface area contributed by atoms with E-state index in [0.29, 0.717) is 12.0 Å². The predicted molar refractivity (Wildman–Crippen MR) is 84.2 cm³/mol. The van der Waals surface area contributed by atoms with Crippen LogP contribution in [0.4, 0.5) is 4.79 Å². The fourth-order valence-corrected chi connectivity index (χ4v) is 2.92. The van der Waals surface area contributed by atoms with Crippen LogP contribution >= 0.6 is 0 Å². The summed E-state index contributed by atoms with van der Waals surface area (Å²) in [5, 5.41) is 5.99. The maximum Gasteiger partial charge on any atom is 0.315 e. The number of carbonyl (C=O) groups excluding carboxylic acids is 1. The molecule has 2 fully saturated rings. The molecule has 1 aliphatic heterocycles. The van der Waals surface area contributed by atoms with E-state index in [1.807, 2.05) is 0 Å². The molecule has 21 heavy (non-hydrogen) atoms. The highest BCUT2D eigenvalue weighted by atomic mass is 16.2. The van der Waals surface area contributed by atoms with Crippen LogP contribution in [0.25, 0.3) is 0 Å². The molecule has 0 aromatic heterocycles. The monoisotopic (exact) mass is 287 g/mol. The molecule has 0 unspecified atom stereocenters. The van der Waals surface area contributed by atoms with Gasteiger partial charge in [0, 0.05) is 25.7 Å². The van der Waals surface area contributed by atoms with Crippen molar-refractivity contribution in [3.05, 3.63) is 35.9 Å². The normalized spacial score (nSPS) is 22.2. The molecule has 3 rings (SSSR count). The molecule has 1 heterocycles. The highest BCUT2D eigenvalue weighted by molar-refractivity contribution is 5.74. The van der Waals surface area contributed by atoms with E-state index in [4.69, 9.17) is 0 Å². The molecule has 2 N–H and O–H groups in total. The summed E-state index contributed by atoms with van der Waals surface area (Å²) < 4.78 is 0. The largest absolute Gasteiger partial charge is 0.338 e. The molecule has 114 valence electrons. The molecule has 1 aliphatic carbocycles. The third-order valence-electron chi connectivity index (χ3n) is 4.39. The van der Waals surface area contributed by atoms with E-state index >= 15 is 0 Å². The smallest absolute Gasteiger partial charge is 0.315 e. The SMILES string of the molecule is O=C(NC[C@H]1CCN(CCc2ccccc2)C1)NC1CC1. The van der Waals surface area contributed by atoms with Gasteiger partial charge in [-0.2, -0.15) is 0 Å². The van der Waals surface area contributed by atoms with Crippen LogP contribution in [-0.2, 0) is 6.42 Å². The lowest BCUT2D eigenvalue weighted by molar-refractivity contribution is 0.238. The Morgan fingerprint density at radius 2 is 2.00 bits per heavy atom. The van der Waals surface area contributed by atoms with Crippen LogP contribution in [0, 0.1) is 5.92 Å². The first-order valence-electron chi connectivity index (χ1n) is 8.10. The molecule has 2 aliphatic rings. The second-order valence-corrected chi connectivity index (χ2v) is 6.32. The van der Waals surface area contributed by atoms with Crippen LogP contribution in [0.2, 0.25) is 0 Å². The lowest BCUT2D eigenvalue weighted by Crippen LogP contribution is -2.39. The summed E-state index contributed by atoms with van der Waals surface area (Å²) in [7, 11) is 0. The Balaban J connectivity index is 1.32. The van der Waals surface area contributed by atoms with Gasteiger partial charge >= 0.3 is 6.03 Å². The average Bonchev–Trinajstić information content (AvgIpc) is 3.20. The number of likely N-dealkylation sites (tertiary alicyclic amines) is 1. The van der Waals surface area contributed by atoms with Crippen molar-refractivity contribution in [2.45, 2.75) is 31.7 Å². The van der Waals surface area contributed by atoms with E-state index in [1.165, 1.54) is 12.0 Å². The quantitative estimate of drug-likeness (QED) is 0.840. The van der Waals surface area contributed by atoms with Crippen LogP contribution in [0.15, 0.2) is 30.3 Å². The summed E-state index contributed by atoms with van der Waals surface area (Å²) in [5.74, 6) is 0.603. The third-order valence-corrected chi connectivity index (χ3v) is 4.39. The van der Waals surface area contributed by atoms with Crippen LogP contribution in [0.3, 0.4) is 0 Å². The van der Waals surface area contributed by atoms with E-state index in [2.05, 4.69) is 45.9 Å².